The molecule has 0 radical (unpaired) electrons. The number of nitrogens with one attached hydrogen (secondary N) is 1. The van der Waals surface area contributed by atoms with Crippen molar-refractivity contribution in [2.75, 3.05) is 46.4 Å². The third-order valence-electron chi connectivity index (χ3n) is 4.83. The third-order valence-corrected chi connectivity index (χ3v) is 5.12. The summed E-state index contributed by atoms with van der Waals surface area (Å²) < 4.78 is 18.7. The zero-order valence-corrected chi connectivity index (χ0v) is 16.7. The average molecular weight is 406 g/mol. The minimum absolute atomic E-state index is 0.0323. The number of halogens is 2. The smallest absolute Gasteiger partial charge is 0.258 e. The number of amides is 1. The van der Waals surface area contributed by atoms with Gasteiger partial charge in [0, 0.05) is 38.8 Å². The Kier molecular flexibility index (Phi) is 7.25. The first kappa shape index (κ1) is 20.6. The number of piperazine rings is 1. The Morgan fingerprint density at radius 3 is 2.57 bits per heavy atom. The van der Waals surface area contributed by atoms with Crippen molar-refractivity contribution in [3.8, 4) is 5.75 Å². The van der Waals surface area contributed by atoms with Crippen molar-refractivity contribution >= 4 is 17.5 Å². The first-order valence-electron chi connectivity index (χ1n) is 9.34. The molecular weight excluding hydrogens is 381 g/mol. The Morgan fingerprint density at radius 2 is 1.89 bits per heavy atom. The molecule has 0 aromatic heterocycles. The third kappa shape index (κ3) is 5.92. The highest BCUT2D eigenvalue weighted by Crippen LogP contribution is 2.21. The van der Waals surface area contributed by atoms with Crippen LogP contribution in [0.5, 0.6) is 5.75 Å². The molecule has 150 valence electrons. The van der Waals surface area contributed by atoms with Crippen LogP contribution in [0.25, 0.3) is 0 Å². The lowest BCUT2D eigenvalue weighted by Gasteiger charge is -2.35. The van der Waals surface area contributed by atoms with Crippen molar-refractivity contribution in [2.24, 2.45) is 0 Å². The van der Waals surface area contributed by atoms with Crippen LogP contribution < -0.4 is 10.1 Å². The van der Waals surface area contributed by atoms with Gasteiger partial charge in [-0.1, -0.05) is 41.9 Å². The van der Waals surface area contributed by atoms with Crippen LogP contribution in [0.1, 0.15) is 11.6 Å². The summed E-state index contributed by atoms with van der Waals surface area (Å²) in [5, 5.41) is 3.03. The lowest BCUT2D eigenvalue weighted by molar-refractivity contribution is -0.124. The summed E-state index contributed by atoms with van der Waals surface area (Å²) in [6.07, 6.45) is 0. The second-order valence-electron chi connectivity index (χ2n) is 7.00. The molecule has 1 aliphatic rings. The number of rotatable bonds is 7. The summed E-state index contributed by atoms with van der Waals surface area (Å²) in [7, 11) is 2.12. The summed E-state index contributed by atoms with van der Waals surface area (Å²) in [5.74, 6) is -0.393. The van der Waals surface area contributed by atoms with E-state index in [4.69, 9.17) is 16.3 Å². The van der Waals surface area contributed by atoms with Crippen molar-refractivity contribution in [3.05, 3.63) is 64.9 Å². The van der Waals surface area contributed by atoms with E-state index < -0.39 is 5.82 Å². The number of benzene rings is 2. The number of carbonyl (C=O) groups is 1. The number of nitrogens with zero attached hydrogens (tertiary/aromatic N) is 2. The fraction of sp³-hybridized carbons (Fsp3) is 0.381. The standard InChI is InChI=1S/C21H25ClFN3O2/c1-25-9-11-26(12-10-25)14-20(16-5-3-2-4-6-16)24-21(27)15-28-17-7-8-19(23)18(22)13-17/h2-8,13,20H,9-12,14-15H2,1H3,(H,24,27). The SMILES string of the molecule is CN1CCN(CC(NC(=O)COc2ccc(F)c(Cl)c2)c2ccccc2)CC1. The second-order valence-corrected chi connectivity index (χ2v) is 7.41. The molecular formula is C21H25ClFN3O2. The number of hydrogen-bond donors (Lipinski definition) is 1. The second kappa shape index (κ2) is 9.87. The fourth-order valence-electron chi connectivity index (χ4n) is 3.16. The van der Waals surface area contributed by atoms with Crippen LogP contribution in [0.4, 0.5) is 4.39 Å². The lowest BCUT2D eigenvalue weighted by Crippen LogP contribution is -2.48. The topological polar surface area (TPSA) is 44.8 Å². The van der Waals surface area contributed by atoms with Gasteiger partial charge in [0.15, 0.2) is 6.61 Å². The number of hydrogen-bond acceptors (Lipinski definition) is 4. The van der Waals surface area contributed by atoms with Crippen molar-refractivity contribution in [3.63, 3.8) is 0 Å². The minimum atomic E-state index is -0.519. The van der Waals surface area contributed by atoms with E-state index in [2.05, 4.69) is 22.2 Å². The first-order valence-corrected chi connectivity index (χ1v) is 9.72. The molecule has 1 unspecified atom stereocenters. The fourth-order valence-corrected chi connectivity index (χ4v) is 3.33. The summed E-state index contributed by atoms with van der Waals surface area (Å²) >= 11 is 5.75. The van der Waals surface area contributed by atoms with Crippen molar-refractivity contribution in [1.29, 1.82) is 0 Å². The maximum Gasteiger partial charge on any atom is 0.258 e. The van der Waals surface area contributed by atoms with Gasteiger partial charge in [-0.25, -0.2) is 4.39 Å². The predicted octanol–water partition coefficient (Wildman–Crippen LogP) is 2.96. The Bertz CT molecular complexity index is 782. The highest BCUT2D eigenvalue weighted by molar-refractivity contribution is 6.30. The zero-order chi connectivity index (χ0) is 19.9. The maximum absolute atomic E-state index is 13.2. The van der Waals surface area contributed by atoms with Gasteiger partial charge in [0.05, 0.1) is 11.1 Å². The molecule has 1 saturated heterocycles. The molecule has 0 saturated carbocycles. The molecule has 5 nitrogen and oxygen atoms in total. The molecule has 0 bridgehead atoms. The van der Waals surface area contributed by atoms with Gasteiger partial charge < -0.3 is 15.0 Å². The molecule has 1 atom stereocenters. The molecule has 7 heteroatoms. The van der Waals surface area contributed by atoms with Gasteiger partial charge in [0.2, 0.25) is 0 Å². The number of carbonyl (C=O) groups excluding carboxylic acids is 1. The van der Waals surface area contributed by atoms with Gasteiger partial charge in [-0.05, 0) is 24.7 Å². The molecule has 1 heterocycles. The van der Waals surface area contributed by atoms with Crippen LogP contribution in [-0.4, -0.2) is 62.1 Å². The average Bonchev–Trinajstić information content (AvgIpc) is 2.71. The van der Waals surface area contributed by atoms with Gasteiger partial charge in [-0.2, -0.15) is 0 Å². The number of ether oxygens (including phenoxy) is 1. The maximum atomic E-state index is 13.2. The Labute approximate surface area is 170 Å². The van der Waals surface area contributed by atoms with Crippen molar-refractivity contribution < 1.29 is 13.9 Å². The van der Waals surface area contributed by atoms with Crippen LogP contribution in [0.2, 0.25) is 5.02 Å². The Hall–Kier alpha value is -2.15. The molecule has 1 fully saturated rings. The minimum Gasteiger partial charge on any atom is -0.484 e. The van der Waals surface area contributed by atoms with E-state index in [1.165, 1.54) is 18.2 Å². The van der Waals surface area contributed by atoms with E-state index >= 15 is 0 Å². The van der Waals surface area contributed by atoms with E-state index in [-0.39, 0.29) is 23.6 Å². The van der Waals surface area contributed by atoms with Gasteiger partial charge >= 0.3 is 0 Å². The summed E-state index contributed by atoms with van der Waals surface area (Å²) in [6.45, 7) is 4.56. The van der Waals surface area contributed by atoms with E-state index in [1.807, 2.05) is 30.3 Å². The van der Waals surface area contributed by atoms with Crippen LogP contribution in [-0.2, 0) is 4.79 Å². The molecule has 0 spiro atoms. The van der Waals surface area contributed by atoms with Gasteiger partial charge in [-0.3, -0.25) is 9.69 Å². The molecule has 1 aliphatic heterocycles. The first-order chi connectivity index (χ1) is 13.5. The van der Waals surface area contributed by atoms with Gasteiger partial charge in [0.25, 0.3) is 5.91 Å². The molecule has 2 aromatic carbocycles. The monoisotopic (exact) mass is 405 g/mol. The van der Waals surface area contributed by atoms with Crippen LogP contribution in [0.15, 0.2) is 48.5 Å². The van der Waals surface area contributed by atoms with E-state index in [1.54, 1.807) is 0 Å². The normalized spacial score (nSPS) is 16.5. The van der Waals surface area contributed by atoms with E-state index in [0.29, 0.717) is 5.75 Å². The molecule has 3 rings (SSSR count). The van der Waals surface area contributed by atoms with Crippen LogP contribution in [0.3, 0.4) is 0 Å². The Morgan fingerprint density at radius 1 is 1.18 bits per heavy atom. The molecule has 28 heavy (non-hydrogen) atoms. The lowest BCUT2D eigenvalue weighted by atomic mass is 10.1. The molecule has 0 aliphatic carbocycles. The van der Waals surface area contributed by atoms with E-state index in [0.717, 1.165) is 38.3 Å². The predicted molar refractivity (Wildman–Crippen MR) is 108 cm³/mol. The largest absolute Gasteiger partial charge is 0.484 e. The Balaban J connectivity index is 1.60. The van der Waals surface area contributed by atoms with Crippen LogP contribution in [0, 0.1) is 5.82 Å². The van der Waals surface area contributed by atoms with Crippen molar-refractivity contribution in [2.45, 2.75) is 6.04 Å². The summed E-state index contributed by atoms with van der Waals surface area (Å²) in [5.41, 5.74) is 1.06. The van der Waals surface area contributed by atoms with Gasteiger partial charge in [0.1, 0.15) is 11.6 Å². The molecule has 2 aromatic rings. The summed E-state index contributed by atoms with van der Waals surface area (Å²) in [4.78, 5) is 17.1. The van der Waals surface area contributed by atoms with E-state index in [9.17, 15) is 9.18 Å². The molecule has 1 amide bonds. The number of likely N-dealkylation sites (N-methyl/N-ethyl adjacent to an activating group) is 1. The highest BCUT2D eigenvalue weighted by atomic mass is 35.5. The van der Waals surface area contributed by atoms with Crippen LogP contribution >= 0.6 is 11.6 Å². The van der Waals surface area contributed by atoms with Crippen molar-refractivity contribution in [1.82, 2.24) is 15.1 Å². The van der Waals surface area contributed by atoms with Gasteiger partial charge in [-0.15, -0.1) is 0 Å². The summed E-state index contributed by atoms with van der Waals surface area (Å²) in [6, 6.07) is 13.8. The highest BCUT2D eigenvalue weighted by Gasteiger charge is 2.21. The zero-order valence-electron chi connectivity index (χ0n) is 15.9. The molecule has 1 N–H and O–H groups in total. The quantitative estimate of drug-likeness (QED) is 0.769.